The Kier molecular flexibility index (Phi) is 6.28. The zero-order valence-electron chi connectivity index (χ0n) is 11.2. The van der Waals surface area contributed by atoms with E-state index in [2.05, 4.69) is 23.2 Å². The fraction of sp³-hybridized carbons (Fsp3) is 0.462. The fourth-order valence-corrected chi connectivity index (χ4v) is 1.05. The first-order valence-electron chi connectivity index (χ1n) is 5.46. The minimum atomic E-state index is -0.318. The molecule has 0 fully saturated rings. The molecule has 1 rings (SSSR count). The van der Waals surface area contributed by atoms with Gasteiger partial charge < -0.3 is 10.2 Å². The molecule has 0 aliphatic heterocycles. The smallest absolute Gasteiger partial charge is 0.293 e. The van der Waals surface area contributed by atoms with E-state index in [4.69, 9.17) is 5.84 Å². The van der Waals surface area contributed by atoms with Gasteiger partial charge in [-0.25, -0.2) is 0 Å². The van der Waals surface area contributed by atoms with Gasteiger partial charge in [0, 0.05) is 0 Å². The summed E-state index contributed by atoms with van der Waals surface area (Å²) in [5.41, 5.74) is 5.79. The zero-order chi connectivity index (χ0) is 13.5. The molecule has 1 aromatic carbocycles. The number of ether oxygens (including phenoxy) is 1. The topological polar surface area (TPSA) is 64.3 Å². The second-order valence-corrected chi connectivity index (χ2v) is 4.72. The van der Waals surface area contributed by atoms with Crippen molar-refractivity contribution in [3.63, 3.8) is 0 Å². The number of hydrogen-bond donors (Lipinski definition) is 2. The number of carbonyl (C=O) groups excluding carboxylic acids is 1. The Morgan fingerprint density at radius 3 is 2.18 bits per heavy atom. The molecule has 0 aliphatic rings. The predicted molar refractivity (Wildman–Crippen MR) is 70.6 cm³/mol. The maximum absolute atomic E-state index is 9.60. The first-order chi connectivity index (χ1) is 7.81. The second-order valence-electron chi connectivity index (χ2n) is 4.72. The van der Waals surface area contributed by atoms with Gasteiger partial charge in [-0.05, 0) is 51.8 Å². The van der Waals surface area contributed by atoms with Gasteiger partial charge in [-0.2, -0.15) is 0 Å². The zero-order valence-corrected chi connectivity index (χ0v) is 11.2. The van der Waals surface area contributed by atoms with Crippen LogP contribution in [0.4, 0.5) is 5.69 Å². The van der Waals surface area contributed by atoms with E-state index in [-0.39, 0.29) is 5.60 Å². The first-order valence-corrected chi connectivity index (χ1v) is 5.46. The van der Waals surface area contributed by atoms with Gasteiger partial charge in [0.15, 0.2) is 0 Å². The van der Waals surface area contributed by atoms with Crippen LogP contribution in [0.1, 0.15) is 31.9 Å². The minimum absolute atomic E-state index is 0.318. The molecule has 0 amide bonds. The van der Waals surface area contributed by atoms with Crippen LogP contribution in [0.2, 0.25) is 0 Å². The lowest BCUT2D eigenvalue weighted by molar-refractivity contribution is -0.138. The van der Waals surface area contributed by atoms with Gasteiger partial charge in [-0.3, -0.25) is 10.6 Å². The van der Waals surface area contributed by atoms with Crippen molar-refractivity contribution >= 4 is 12.2 Å². The van der Waals surface area contributed by atoms with Crippen LogP contribution in [-0.4, -0.2) is 12.1 Å². The van der Waals surface area contributed by atoms with Gasteiger partial charge in [0.1, 0.15) is 5.60 Å². The highest BCUT2D eigenvalue weighted by Gasteiger charge is 2.07. The monoisotopic (exact) mass is 238 g/mol. The molecular weight excluding hydrogens is 216 g/mol. The minimum Gasteiger partial charge on any atom is -0.462 e. The van der Waals surface area contributed by atoms with E-state index in [0.29, 0.717) is 6.47 Å². The van der Waals surface area contributed by atoms with E-state index in [1.165, 1.54) is 11.1 Å². The first kappa shape index (κ1) is 15.4. The van der Waals surface area contributed by atoms with E-state index >= 15 is 0 Å². The van der Waals surface area contributed by atoms with E-state index in [0.717, 1.165) is 5.69 Å². The van der Waals surface area contributed by atoms with Crippen LogP contribution in [0, 0.1) is 13.8 Å². The molecule has 0 saturated heterocycles. The van der Waals surface area contributed by atoms with E-state index in [9.17, 15) is 4.79 Å². The molecule has 0 bridgehead atoms. The Bertz CT molecular complexity index is 357. The summed E-state index contributed by atoms with van der Waals surface area (Å²) in [5.74, 6) is 5.27. The summed E-state index contributed by atoms with van der Waals surface area (Å²) >= 11 is 0. The molecule has 0 aliphatic carbocycles. The van der Waals surface area contributed by atoms with Crippen LogP contribution in [0.3, 0.4) is 0 Å². The van der Waals surface area contributed by atoms with Gasteiger partial charge in [0.2, 0.25) is 0 Å². The third-order valence-corrected chi connectivity index (χ3v) is 2.16. The Labute approximate surface area is 103 Å². The molecule has 0 unspecified atom stereocenters. The van der Waals surface area contributed by atoms with Crippen LogP contribution in [0.5, 0.6) is 0 Å². The lowest BCUT2D eigenvalue weighted by Crippen LogP contribution is -2.17. The number of aryl methyl sites for hydroxylation is 1. The number of rotatable bonds is 2. The summed E-state index contributed by atoms with van der Waals surface area (Å²) in [5, 5.41) is 0. The molecule has 3 N–H and O–H groups in total. The predicted octanol–water partition coefficient (Wildman–Crippen LogP) is 2.55. The second kappa shape index (κ2) is 6.91. The quantitative estimate of drug-likeness (QED) is 0.472. The molecule has 4 nitrogen and oxygen atoms in total. The largest absolute Gasteiger partial charge is 0.462 e. The van der Waals surface area contributed by atoms with Crippen molar-refractivity contribution < 1.29 is 9.53 Å². The molecular formula is C13H22N2O2. The molecule has 0 radical (unpaired) electrons. The lowest BCUT2D eigenvalue weighted by atomic mass is 10.1. The Hall–Kier alpha value is -1.55. The summed E-state index contributed by atoms with van der Waals surface area (Å²) in [6.45, 7) is 10.0. The summed E-state index contributed by atoms with van der Waals surface area (Å²) in [7, 11) is 0. The Morgan fingerprint density at radius 1 is 1.29 bits per heavy atom. The van der Waals surface area contributed by atoms with Gasteiger partial charge >= 0.3 is 0 Å². The summed E-state index contributed by atoms with van der Waals surface area (Å²) < 4.78 is 4.55. The molecule has 0 atom stereocenters. The summed E-state index contributed by atoms with van der Waals surface area (Å²) in [4.78, 5) is 9.60. The van der Waals surface area contributed by atoms with Crippen molar-refractivity contribution in [2.75, 3.05) is 5.43 Å². The number of hydrazine groups is 1. The third kappa shape index (κ3) is 6.58. The van der Waals surface area contributed by atoms with Crippen molar-refractivity contribution in [3.8, 4) is 0 Å². The number of nitrogen functional groups attached to an aromatic ring is 1. The van der Waals surface area contributed by atoms with Gasteiger partial charge in [0.25, 0.3) is 6.47 Å². The van der Waals surface area contributed by atoms with E-state index < -0.39 is 0 Å². The highest BCUT2D eigenvalue weighted by Crippen LogP contribution is 2.15. The molecule has 96 valence electrons. The molecule has 0 spiro atoms. The van der Waals surface area contributed by atoms with Gasteiger partial charge in [-0.1, -0.05) is 12.1 Å². The summed E-state index contributed by atoms with van der Waals surface area (Å²) in [6, 6.07) is 6.01. The van der Waals surface area contributed by atoms with Crippen molar-refractivity contribution in [2.24, 2.45) is 5.84 Å². The van der Waals surface area contributed by atoms with Gasteiger partial charge in [0.05, 0.1) is 5.69 Å². The van der Waals surface area contributed by atoms with Crippen molar-refractivity contribution in [2.45, 2.75) is 40.2 Å². The lowest BCUT2D eigenvalue weighted by Gasteiger charge is -2.14. The average molecular weight is 238 g/mol. The van der Waals surface area contributed by atoms with E-state index in [1.807, 2.05) is 39.8 Å². The normalized spacial score (nSPS) is 10.0. The standard InChI is InChI=1S/C8H12N2.C5H10O2/c1-6-4-3-5-8(10-9)7(6)2;1-5(2,3)7-4-6/h3-5,10H,9H2,1-2H3;4H,1-3H3. The number of hydrogen-bond acceptors (Lipinski definition) is 4. The molecule has 0 saturated carbocycles. The van der Waals surface area contributed by atoms with Gasteiger partial charge in [-0.15, -0.1) is 0 Å². The number of nitrogens with one attached hydrogen (secondary N) is 1. The fourth-order valence-electron chi connectivity index (χ4n) is 1.05. The Morgan fingerprint density at radius 2 is 1.88 bits per heavy atom. The highest BCUT2D eigenvalue weighted by molar-refractivity contribution is 5.52. The van der Waals surface area contributed by atoms with Crippen molar-refractivity contribution in [3.05, 3.63) is 29.3 Å². The summed E-state index contributed by atoms with van der Waals surface area (Å²) in [6.07, 6.45) is 0. The SMILES string of the molecule is CC(C)(C)OC=O.Cc1cccc(NN)c1C. The molecule has 4 heteroatoms. The molecule has 0 heterocycles. The molecule has 17 heavy (non-hydrogen) atoms. The maximum Gasteiger partial charge on any atom is 0.293 e. The maximum atomic E-state index is 9.60. The van der Waals surface area contributed by atoms with Crippen LogP contribution in [-0.2, 0) is 9.53 Å². The number of benzene rings is 1. The van der Waals surface area contributed by atoms with Crippen LogP contribution in [0.25, 0.3) is 0 Å². The Balaban J connectivity index is 0.000000325. The highest BCUT2D eigenvalue weighted by atomic mass is 16.5. The number of carbonyl (C=O) groups is 1. The van der Waals surface area contributed by atoms with Crippen LogP contribution in [0.15, 0.2) is 18.2 Å². The van der Waals surface area contributed by atoms with E-state index in [1.54, 1.807) is 0 Å². The molecule has 1 aromatic rings. The van der Waals surface area contributed by atoms with Crippen molar-refractivity contribution in [1.82, 2.24) is 0 Å². The third-order valence-electron chi connectivity index (χ3n) is 2.16. The van der Waals surface area contributed by atoms with Crippen LogP contribution >= 0.6 is 0 Å². The van der Waals surface area contributed by atoms with Crippen molar-refractivity contribution in [1.29, 1.82) is 0 Å². The number of anilines is 1. The molecule has 0 aromatic heterocycles. The van der Waals surface area contributed by atoms with Crippen LogP contribution < -0.4 is 11.3 Å². The average Bonchev–Trinajstić information content (AvgIpc) is 2.21. The number of nitrogens with two attached hydrogens (primary N) is 1.